The average Bonchev–Trinajstić information content (AvgIpc) is 2.42. The van der Waals surface area contributed by atoms with Gasteiger partial charge in [0.15, 0.2) is 10.8 Å². The van der Waals surface area contributed by atoms with Crippen LogP contribution >= 0.6 is 11.8 Å². The molecule has 0 N–H and O–H groups in total. The zero-order chi connectivity index (χ0) is 9.42. The summed E-state index contributed by atoms with van der Waals surface area (Å²) in [6, 6.07) is 0. The summed E-state index contributed by atoms with van der Waals surface area (Å²) in [7, 11) is 1.90. The molecule has 13 heavy (non-hydrogen) atoms. The van der Waals surface area contributed by atoms with Crippen molar-refractivity contribution < 1.29 is 0 Å². The smallest absolute Gasteiger partial charge is 0.189 e. The fraction of sp³-hybridized carbons (Fsp3) is 0.375. The van der Waals surface area contributed by atoms with E-state index in [0.29, 0.717) is 0 Å². The molecule has 0 unspecified atom stereocenters. The van der Waals surface area contributed by atoms with Crippen LogP contribution in [0.1, 0.15) is 5.69 Å². The summed E-state index contributed by atoms with van der Waals surface area (Å²) >= 11 is 1.54. The Morgan fingerprint density at radius 2 is 2.23 bits per heavy atom. The zero-order valence-corrected chi connectivity index (χ0v) is 8.59. The lowest BCUT2D eigenvalue weighted by molar-refractivity contribution is 0.766. The van der Waals surface area contributed by atoms with E-state index in [-0.39, 0.29) is 0 Å². The van der Waals surface area contributed by atoms with Crippen LogP contribution in [0, 0.1) is 6.92 Å². The van der Waals surface area contributed by atoms with Gasteiger partial charge in [0.25, 0.3) is 0 Å². The van der Waals surface area contributed by atoms with Crippen LogP contribution in [0.2, 0.25) is 0 Å². The highest BCUT2D eigenvalue weighted by Gasteiger charge is 2.06. The van der Waals surface area contributed by atoms with Gasteiger partial charge in [0.2, 0.25) is 0 Å². The molecule has 5 heteroatoms. The van der Waals surface area contributed by atoms with Crippen LogP contribution < -0.4 is 0 Å². The van der Waals surface area contributed by atoms with Crippen molar-refractivity contribution in [2.45, 2.75) is 12.1 Å². The van der Waals surface area contributed by atoms with Crippen molar-refractivity contribution in [3.63, 3.8) is 0 Å². The predicted molar refractivity (Wildman–Crippen MR) is 52.8 cm³/mol. The Hall–Kier alpha value is -1.10. The third-order valence-electron chi connectivity index (χ3n) is 1.93. The van der Waals surface area contributed by atoms with E-state index in [2.05, 4.69) is 15.1 Å². The average molecular weight is 194 g/mol. The summed E-state index contributed by atoms with van der Waals surface area (Å²) in [5.41, 5.74) is 1.88. The minimum Gasteiger partial charge on any atom is -0.250 e. The van der Waals surface area contributed by atoms with Gasteiger partial charge in [0.05, 0.1) is 11.1 Å². The molecule has 0 radical (unpaired) electrons. The Bertz CT molecular complexity index is 449. The molecule has 0 amide bonds. The molecule has 0 spiro atoms. The summed E-state index contributed by atoms with van der Waals surface area (Å²) in [6.07, 6.45) is 3.79. The summed E-state index contributed by atoms with van der Waals surface area (Å²) in [6.45, 7) is 1.96. The summed E-state index contributed by atoms with van der Waals surface area (Å²) in [5, 5.41) is 6.09. The lowest BCUT2D eigenvalue weighted by Crippen LogP contribution is -1.93. The van der Waals surface area contributed by atoms with E-state index in [1.807, 2.05) is 26.4 Å². The van der Waals surface area contributed by atoms with E-state index < -0.39 is 0 Å². The van der Waals surface area contributed by atoms with E-state index in [1.165, 1.54) is 11.8 Å². The largest absolute Gasteiger partial charge is 0.250 e. The number of aryl methyl sites for hydroxylation is 2. The minimum atomic E-state index is 0.788. The first kappa shape index (κ1) is 8.50. The molecule has 4 nitrogen and oxygen atoms in total. The maximum absolute atomic E-state index is 4.37. The Kier molecular flexibility index (Phi) is 1.95. The van der Waals surface area contributed by atoms with Crippen molar-refractivity contribution in [1.82, 2.24) is 19.7 Å². The Morgan fingerprint density at radius 3 is 2.92 bits per heavy atom. The number of aromatic nitrogens is 4. The maximum atomic E-state index is 4.37. The first-order valence-corrected chi connectivity index (χ1v) is 5.15. The van der Waals surface area contributed by atoms with Crippen molar-refractivity contribution in [1.29, 1.82) is 0 Å². The van der Waals surface area contributed by atoms with Crippen LogP contribution in [0.5, 0.6) is 0 Å². The van der Waals surface area contributed by atoms with E-state index in [1.54, 1.807) is 4.68 Å². The van der Waals surface area contributed by atoms with Gasteiger partial charge in [-0.1, -0.05) is 11.8 Å². The van der Waals surface area contributed by atoms with Gasteiger partial charge in [-0.15, -0.1) is 0 Å². The summed E-state index contributed by atoms with van der Waals surface area (Å²) in [4.78, 5) is 8.56. The second-order valence-electron chi connectivity index (χ2n) is 2.80. The first-order chi connectivity index (χ1) is 6.22. The van der Waals surface area contributed by atoms with Crippen LogP contribution in [0.15, 0.2) is 11.4 Å². The van der Waals surface area contributed by atoms with Crippen molar-refractivity contribution in [3.05, 3.63) is 11.9 Å². The van der Waals surface area contributed by atoms with E-state index in [4.69, 9.17) is 0 Å². The van der Waals surface area contributed by atoms with Gasteiger partial charge < -0.3 is 0 Å². The fourth-order valence-corrected chi connectivity index (χ4v) is 1.62. The van der Waals surface area contributed by atoms with E-state index in [9.17, 15) is 0 Å². The van der Waals surface area contributed by atoms with Crippen LogP contribution in [0.4, 0.5) is 0 Å². The van der Waals surface area contributed by atoms with E-state index in [0.717, 1.165) is 21.9 Å². The predicted octanol–water partition coefficient (Wildman–Crippen LogP) is 1.39. The fourth-order valence-electron chi connectivity index (χ4n) is 1.28. The number of nitrogens with zero attached hydrogens (tertiary/aromatic N) is 4. The quantitative estimate of drug-likeness (QED) is 0.508. The Balaban J connectivity index is 2.76. The Morgan fingerprint density at radius 1 is 1.46 bits per heavy atom. The SMILES string of the molecule is CSc1ncc2c(C)nn(C)c2n1. The molecule has 0 saturated heterocycles. The lowest BCUT2D eigenvalue weighted by atomic mass is 10.3. The zero-order valence-electron chi connectivity index (χ0n) is 7.77. The van der Waals surface area contributed by atoms with Gasteiger partial charge >= 0.3 is 0 Å². The third-order valence-corrected chi connectivity index (χ3v) is 2.49. The van der Waals surface area contributed by atoms with Gasteiger partial charge in [-0.25, -0.2) is 9.97 Å². The number of thioether (sulfide) groups is 1. The van der Waals surface area contributed by atoms with Crippen molar-refractivity contribution >= 4 is 22.8 Å². The van der Waals surface area contributed by atoms with E-state index >= 15 is 0 Å². The van der Waals surface area contributed by atoms with Gasteiger partial charge in [0.1, 0.15) is 0 Å². The van der Waals surface area contributed by atoms with Crippen LogP contribution in [-0.2, 0) is 7.05 Å². The molecular weight excluding hydrogens is 184 g/mol. The maximum Gasteiger partial charge on any atom is 0.189 e. The monoisotopic (exact) mass is 194 g/mol. The molecule has 0 bridgehead atoms. The first-order valence-electron chi connectivity index (χ1n) is 3.92. The molecule has 2 aromatic rings. The number of rotatable bonds is 1. The van der Waals surface area contributed by atoms with Crippen molar-refractivity contribution in [2.24, 2.45) is 7.05 Å². The van der Waals surface area contributed by atoms with Crippen LogP contribution in [0.3, 0.4) is 0 Å². The summed E-state index contributed by atoms with van der Waals surface area (Å²) < 4.78 is 1.78. The van der Waals surface area contributed by atoms with Crippen molar-refractivity contribution in [2.75, 3.05) is 6.26 Å². The number of hydrogen-bond acceptors (Lipinski definition) is 4. The van der Waals surface area contributed by atoms with Crippen LogP contribution in [-0.4, -0.2) is 26.0 Å². The minimum absolute atomic E-state index is 0.788. The molecule has 68 valence electrons. The van der Waals surface area contributed by atoms with Gasteiger partial charge in [-0.2, -0.15) is 5.10 Å². The highest BCUT2D eigenvalue weighted by atomic mass is 32.2. The number of fused-ring (bicyclic) bond motifs is 1. The molecular formula is C8H10N4S. The standard InChI is InChI=1S/C8H10N4S/c1-5-6-4-9-8(13-3)10-7(6)12(2)11-5/h4H,1-3H3. The second kappa shape index (κ2) is 2.99. The van der Waals surface area contributed by atoms with Gasteiger partial charge in [0, 0.05) is 13.2 Å². The lowest BCUT2D eigenvalue weighted by Gasteiger charge is -1.95. The Labute approximate surface area is 80.4 Å². The number of hydrogen-bond donors (Lipinski definition) is 0. The topological polar surface area (TPSA) is 43.6 Å². The van der Waals surface area contributed by atoms with Gasteiger partial charge in [-0.05, 0) is 13.2 Å². The molecule has 0 aliphatic rings. The molecule has 0 aliphatic carbocycles. The molecule has 0 atom stereocenters. The molecule has 0 saturated carbocycles. The molecule has 0 aromatic carbocycles. The molecule has 0 aliphatic heterocycles. The highest BCUT2D eigenvalue weighted by Crippen LogP contribution is 2.16. The normalized spacial score (nSPS) is 11.0. The van der Waals surface area contributed by atoms with Crippen LogP contribution in [0.25, 0.3) is 11.0 Å². The molecule has 0 fully saturated rings. The molecule has 2 heterocycles. The van der Waals surface area contributed by atoms with Crippen molar-refractivity contribution in [3.8, 4) is 0 Å². The third kappa shape index (κ3) is 1.29. The highest BCUT2D eigenvalue weighted by molar-refractivity contribution is 7.98. The second-order valence-corrected chi connectivity index (χ2v) is 3.58. The summed E-state index contributed by atoms with van der Waals surface area (Å²) in [5.74, 6) is 0. The molecule has 2 rings (SSSR count). The van der Waals surface area contributed by atoms with Gasteiger partial charge in [-0.3, -0.25) is 4.68 Å². The molecule has 2 aromatic heterocycles.